The average Bonchev–Trinajstić information content (AvgIpc) is 3.03. The van der Waals surface area contributed by atoms with E-state index in [0.717, 1.165) is 39.1 Å². The molecule has 0 radical (unpaired) electrons. The molecule has 8 heteroatoms. The topological polar surface area (TPSA) is 85.6 Å². The zero-order valence-electron chi connectivity index (χ0n) is 15.0. The van der Waals surface area contributed by atoms with Crippen molar-refractivity contribution in [1.29, 1.82) is 0 Å². The Morgan fingerprint density at radius 3 is 2.55 bits per heavy atom. The lowest BCUT2D eigenvalue weighted by molar-refractivity contribution is -0.147. The van der Waals surface area contributed by atoms with Crippen molar-refractivity contribution in [1.82, 2.24) is 4.57 Å². The minimum atomic E-state index is -1.09. The number of para-hydroxylation sites is 1. The van der Waals surface area contributed by atoms with E-state index in [0.29, 0.717) is 17.3 Å². The summed E-state index contributed by atoms with van der Waals surface area (Å²) in [6.07, 6.45) is 0. The molecule has 3 atom stereocenters. The van der Waals surface area contributed by atoms with Crippen molar-refractivity contribution in [3.63, 3.8) is 0 Å². The van der Waals surface area contributed by atoms with Crippen molar-refractivity contribution < 1.29 is 19.4 Å². The molecule has 0 unspecified atom stereocenters. The highest BCUT2D eigenvalue weighted by Gasteiger charge is 2.52. The van der Waals surface area contributed by atoms with Gasteiger partial charge < -0.3 is 9.84 Å². The van der Waals surface area contributed by atoms with Crippen LogP contribution >= 0.6 is 23.1 Å². The number of thioether (sulfide) groups is 1. The number of rotatable bonds is 3. The van der Waals surface area contributed by atoms with Gasteiger partial charge in [0.25, 0.3) is 0 Å². The van der Waals surface area contributed by atoms with E-state index in [4.69, 9.17) is 4.74 Å². The lowest BCUT2D eigenvalue weighted by Gasteiger charge is -2.37. The number of esters is 1. The van der Waals surface area contributed by atoms with E-state index in [2.05, 4.69) is 0 Å². The SMILES string of the molecule is O=C1Oc2ccccc2[C@@H]2c3sc(=O)n(Cc4ccccc4)c3S[C@@H](C(=O)O)[C@@H]12. The Balaban J connectivity index is 1.70. The number of hydrogen-bond donors (Lipinski definition) is 1. The number of aromatic nitrogens is 1. The van der Waals surface area contributed by atoms with E-state index in [1.165, 1.54) is 0 Å². The van der Waals surface area contributed by atoms with Crippen molar-refractivity contribution in [3.05, 3.63) is 80.3 Å². The summed E-state index contributed by atoms with van der Waals surface area (Å²) < 4.78 is 7.05. The van der Waals surface area contributed by atoms with Crippen molar-refractivity contribution in [2.45, 2.75) is 22.7 Å². The van der Waals surface area contributed by atoms with Gasteiger partial charge in [-0.05, 0) is 11.6 Å². The Morgan fingerprint density at radius 1 is 1.07 bits per heavy atom. The molecule has 6 nitrogen and oxygen atoms in total. The van der Waals surface area contributed by atoms with Crippen LogP contribution in [0.15, 0.2) is 64.4 Å². The average molecular weight is 425 g/mol. The number of ether oxygens (including phenoxy) is 1. The molecule has 3 aromatic rings. The predicted octanol–water partition coefficient (Wildman–Crippen LogP) is 3.18. The summed E-state index contributed by atoms with van der Waals surface area (Å²) in [4.78, 5) is 38.2. The lowest BCUT2D eigenvalue weighted by atomic mass is 9.80. The summed E-state index contributed by atoms with van der Waals surface area (Å²) in [5.41, 5.74) is 1.70. The Hall–Kier alpha value is -2.84. The maximum absolute atomic E-state index is 12.9. The third-order valence-corrected chi connectivity index (χ3v) is 7.85. The summed E-state index contributed by atoms with van der Waals surface area (Å²) >= 11 is 2.16. The van der Waals surface area contributed by atoms with Gasteiger partial charge in [-0.15, -0.1) is 0 Å². The van der Waals surface area contributed by atoms with Crippen LogP contribution in [-0.4, -0.2) is 26.9 Å². The first-order valence-corrected chi connectivity index (χ1v) is 10.7. The first-order valence-electron chi connectivity index (χ1n) is 9.02. The lowest BCUT2D eigenvalue weighted by Crippen LogP contribution is -2.44. The number of nitrogens with zero attached hydrogens (tertiary/aromatic N) is 1. The number of aliphatic carboxylic acids is 1. The van der Waals surface area contributed by atoms with Crippen LogP contribution in [0.25, 0.3) is 0 Å². The van der Waals surface area contributed by atoms with Crippen LogP contribution < -0.4 is 9.61 Å². The van der Waals surface area contributed by atoms with Gasteiger partial charge in [-0.2, -0.15) is 0 Å². The maximum Gasteiger partial charge on any atom is 0.317 e. The number of carboxylic acids is 1. The van der Waals surface area contributed by atoms with Gasteiger partial charge in [-0.25, -0.2) is 0 Å². The molecule has 0 bridgehead atoms. The molecule has 1 N–H and O–H groups in total. The third kappa shape index (κ3) is 2.90. The van der Waals surface area contributed by atoms with Crippen molar-refractivity contribution in [2.24, 2.45) is 5.92 Å². The van der Waals surface area contributed by atoms with Gasteiger partial charge in [0, 0.05) is 16.4 Å². The van der Waals surface area contributed by atoms with Gasteiger partial charge in [0.1, 0.15) is 11.0 Å². The molecular weight excluding hydrogens is 410 g/mol. The number of carboxylic acid groups (broad SMARTS) is 1. The second kappa shape index (κ2) is 6.89. The first-order chi connectivity index (χ1) is 14.0. The summed E-state index contributed by atoms with van der Waals surface area (Å²) in [6, 6.07) is 16.7. The molecule has 0 saturated heterocycles. The molecule has 0 fully saturated rings. The van der Waals surface area contributed by atoms with E-state index < -0.39 is 29.0 Å². The number of hydrogen-bond acceptors (Lipinski definition) is 6. The summed E-state index contributed by atoms with van der Waals surface area (Å²) in [5.74, 6) is -2.59. The molecule has 5 rings (SSSR count). The fourth-order valence-corrected chi connectivity index (χ4v) is 6.62. The second-order valence-electron chi connectivity index (χ2n) is 6.95. The van der Waals surface area contributed by atoms with Gasteiger partial charge in [-0.3, -0.25) is 19.0 Å². The van der Waals surface area contributed by atoms with Gasteiger partial charge in [0.15, 0.2) is 0 Å². The van der Waals surface area contributed by atoms with E-state index in [-0.39, 0.29) is 4.87 Å². The highest BCUT2D eigenvalue weighted by Crippen LogP contribution is 2.54. The van der Waals surface area contributed by atoms with Crippen LogP contribution in [0, 0.1) is 5.92 Å². The highest BCUT2D eigenvalue weighted by molar-refractivity contribution is 8.00. The number of carbonyl (C=O) groups excluding carboxylic acids is 1. The molecule has 29 heavy (non-hydrogen) atoms. The zero-order valence-corrected chi connectivity index (χ0v) is 16.6. The van der Waals surface area contributed by atoms with Crippen LogP contribution in [-0.2, 0) is 16.1 Å². The number of benzene rings is 2. The Morgan fingerprint density at radius 2 is 1.79 bits per heavy atom. The number of thiazole rings is 1. The molecule has 0 amide bonds. The molecule has 0 spiro atoms. The van der Waals surface area contributed by atoms with Crippen LogP contribution in [0.5, 0.6) is 5.75 Å². The number of fused-ring (bicyclic) bond motifs is 5. The van der Waals surface area contributed by atoms with E-state index in [1.54, 1.807) is 16.7 Å². The molecular formula is C21H15NO5S2. The van der Waals surface area contributed by atoms with Gasteiger partial charge in [0.05, 0.1) is 17.5 Å². The van der Waals surface area contributed by atoms with Crippen LogP contribution in [0.3, 0.4) is 0 Å². The predicted molar refractivity (Wildman–Crippen MR) is 109 cm³/mol. The monoisotopic (exact) mass is 425 g/mol. The van der Waals surface area contributed by atoms with Crippen LogP contribution in [0.2, 0.25) is 0 Å². The molecule has 2 aromatic carbocycles. The molecule has 2 aliphatic rings. The summed E-state index contributed by atoms with van der Waals surface area (Å²) in [7, 11) is 0. The van der Waals surface area contributed by atoms with E-state index in [1.807, 2.05) is 42.5 Å². The fraction of sp³-hybridized carbons (Fsp3) is 0.190. The van der Waals surface area contributed by atoms with E-state index in [9.17, 15) is 19.5 Å². The maximum atomic E-state index is 12.9. The Kier molecular flexibility index (Phi) is 4.33. The Bertz CT molecular complexity index is 1180. The van der Waals surface area contributed by atoms with Gasteiger partial charge in [0.2, 0.25) is 0 Å². The number of carbonyl (C=O) groups is 2. The quantitative estimate of drug-likeness (QED) is 0.512. The van der Waals surface area contributed by atoms with Crippen LogP contribution in [0.4, 0.5) is 0 Å². The van der Waals surface area contributed by atoms with Gasteiger partial charge in [-0.1, -0.05) is 71.6 Å². The van der Waals surface area contributed by atoms with Gasteiger partial charge >= 0.3 is 16.8 Å². The van der Waals surface area contributed by atoms with E-state index >= 15 is 0 Å². The minimum absolute atomic E-state index is 0.160. The summed E-state index contributed by atoms with van der Waals surface area (Å²) in [6.45, 7) is 0.355. The second-order valence-corrected chi connectivity index (χ2v) is 9.07. The normalized spacial score (nSPS) is 22.2. The van der Waals surface area contributed by atoms with Crippen LogP contribution in [0.1, 0.15) is 21.9 Å². The summed E-state index contributed by atoms with van der Waals surface area (Å²) in [5, 5.41) is 9.45. The van der Waals surface area contributed by atoms with Crippen molar-refractivity contribution >= 4 is 35.0 Å². The molecule has 0 saturated carbocycles. The highest BCUT2D eigenvalue weighted by atomic mass is 32.2. The zero-order chi connectivity index (χ0) is 20.1. The Labute approximate surface area is 173 Å². The molecule has 0 aliphatic carbocycles. The molecule has 2 aliphatic heterocycles. The van der Waals surface area contributed by atoms with Crippen molar-refractivity contribution in [3.8, 4) is 5.75 Å². The smallest absolute Gasteiger partial charge is 0.317 e. The molecule has 146 valence electrons. The first kappa shape index (κ1) is 18.2. The largest absolute Gasteiger partial charge is 0.480 e. The standard InChI is InChI=1S/C21H15NO5S2/c23-19(24)17-15-14(12-8-4-5-9-13(12)27-20(15)25)16-18(28-17)22(21(26)29-16)10-11-6-2-1-3-7-11/h1-9,14-15,17H,10H2,(H,23,24)/t14-,15-,17+/m0/s1. The third-order valence-electron chi connectivity index (χ3n) is 5.24. The molecule has 1 aromatic heterocycles. The fourth-order valence-electron chi connectivity index (χ4n) is 3.97. The minimum Gasteiger partial charge on any atom is -0.480 e. The van der Waals surface area contributed by atoms with Crippen molar-refractivity contribution in [2.75, 3.05) is 0 Å². The molecule has 3 heterocycles.